The van der Waals surface area contributed by atoms with E-state index in [1.54, 1.807) is 29.6 Å². The van der Waals surface area contributed by atoms with Gasteiger partial charge in [-0.2, -0.15) is 0 Å². The molecule has 0 fully saturated rings. The first kappa shape index (κ1) is 19.1. The Balaban J connectivity index is 1.81. The number of carbonyl (C=O) groups is 4. The summed E-state index contributed by atoms with van der Waals surface area (Å²) in [5.41, 5.74) is 0.765. The summed E-state index contributed by atoms with van der Waals surface area (Å²) in [7, 11) is 1.45. The van der Waals surface area contributed by atoms with Gasteiger partial charge in [-0.15, -0.1) is 11.3 Å². The molecule has 0 aliphatic heterocycles. The van der Waals surface area contributed by atoms with Gasteiger partial charge in [-0.3, -0.25) is 14.4 Å². The Labute approximate surface area is 153 Å². The van der Waals surface area contributed by atoms with E-state index in [2.05, 4.69) is 16.0 Å². The van der Waals surface area contributed by atoms with Crippen molar-refractivity contribution in [3.05, 3.63) is 52.2 Å². The summed E-state index contributed by atoms with van der Waals surface area (Å²) in [6.07, 6.45) is 0. The molecule has 2 aromatic rings. The molecule has 0 saturated heterocycles. The predicted octanol–water partition coefficient (Wildman–Crippen LogP) is 1.02. The lowest BCUT2D eigenvalue weighted by atomic mass is 10.2. The van der Waals surface area contributed by atoms with Gasteiger partial charge in [0.25, 0.3) is 11.8 Å². The first-order valence-electron chi connectivity index (χ1n) is 7.59. The van der Waals surface area contributed by atoms with E-state index in [1.165, 1.54) is 30.5 Å². The third-order valence-corrected chi connectivity index (χ3v) is 4.05. The number of nitrogens with one attached hydrogen (secondary N) is 3. The zero-order valence-corrected chi connectivity index (χ0v) is 14.7. The lowest BCUT2D eigenvalue weighted by Crippen LogP contribution is -2.37. The Morgan fingerprint density at radius 1 is 1.04 bits per heavy atom. The van der Waals surface area contributed by atoms with Crippen molar-refractivity contribution in [2.45, 2.75) is 0 Å². The number of rotatable bonds is 7. The number of anilines is 1. The molecule has 0 atom stereocenters. The van der Waals surface area contributed by atoms with Crippen LogP contribution in [0.2, 0.25) is 0 Å². The molecule has 2 rings (SSSR count). The lowest BCUT2D eigenvalue weighted by molar-refractivity contribution is -0.127. The van der Waals surface area contributed by atoms with Crippen molar-refractivity contribution in [1.29, 1.82) is 0 Å². The third-order valence-electron chi connectivity index (χ3n) is 3.18. The molecular formula is C17H17N3O5S. The van der Waals surface area contributed by atoms with Gasteiger partial charge in [0.15, 0.2) is 6.61 Å². The SMILES string of the molecule is CNC(=O)CNC(=O)COC(=O)c1ccc(NC(=O)c2cccs2)cc1. The second-order valence-corrected chi connectivity index (χ2v) is 5.98. The van der Waals surface area contributed by atoms with Crippen LogP contribution in [0.25, 0.3) is 0 Å². The maximum atomic E-state index is 11.9. The van der Waals surface area contributed by atoms with E-state index in [-0.39, 0.29) is 23.9 Å². The number of thiophene rings is 1. The van der Waals surface area contributed by atoms with E-state index in [0.29, 0.717) is 10.6 Å². The number of amides is 3. The molecule has 0 aliphatic rings. The van der Waals surface area contributed by atoms with Gasteiger partial charge in [0.05, 0.1) is 17.0 Å². The summed E-state index contributed by atoms with van der Waals surface area (Å²) in [4.78, 5) is 46.9. The van der Waals surface area contributed by atoms with Gasteiger partial charge < -0.3 is 20.7 Å². The van der Waals surface area contributed by atoms with Crippen LogP contribution >= 0.6 is 11.3 Å². The predicted molar refractivity (Wildman–Crippen MR) is 96.1 cm³/mol. The molecule has 1 aromatic carbocycles. The minimum atomic E-state index is -0.684. The van der Waals surface area contributed by atoms with Crippen LogP contribution in [0.5, 0.6) is 0 Å². The molecule has 1 heterocycles. The molecule has 3 N–H and O–H groups in total. The second kappa shape index (κ2) is 9.33. The van der Waals surface area contributed by atoms with Crippen LogP contribution in [-0.2, 0) is 14.3 Å². The summed E-state index contributed by atoms with van der Waals surface area (Å²) in [5, 5.41) is 9.17. The molecule has 3 amide bonds. The van der Waals surface area contributed by atoms with E-state index in [0.717, 1.165) is 0 Å². The van der Waals surface area contributed by atoms with Crippen molar-refractivity contribution in [1.82, 2.24) is 10.6 Å². The first-order valence-corrected chi connectivity index (χ1v) is 8.47. The van der Waals surface area contributed by atoms with Crippen molar-refractivity contribution in [2.75, 3.05) is 25.5 Å². The Kier molecular flexibility index (Phi) is 6.86. The van der Waals surface area contributed by atoms with Crippen molar-refractivity contribution >= 4 is 40.7 Å². The highest BCUT2D eigenvalue weighted by Gasteiger charge is 2.12. The highest BCUT2D eigenvalue weighted by molar-refractivity contribution is 7.12. The second-order valence-electron chi connectivity index (χ2n) is 5.03. The fraction of sp³-hybridized carbons (Fsp3) is 0.176. The topological polar surface area (TPSA) is 114 Å². The van der Waals surface area contributed by atoms with E-state index in [4.69, 9.17) is 4.74 Å². The van der Waals surface area contributed by atoms with Gasteiger partial charge in [0.2, 0.25) is 5.91 Å². The quantitative estimate of drug-likeness (QED) is 0.625. The zero-order valence-electron chi connectivity index (χ0n) is 13.9. The minimum Gasteiger partial charge on any atom is -0.452 e. The van der Waals surface area contributed by atoms with E-state index >= 15 is 0 Å². The number of carbonyl (C=O) groups excluding carboxylic acids is 4. The summed E-state index contributed by atoms with van der Waals surface area (Å²) < 4.78 is 4.87. The largest absolute Gasteiger partial charge is 0.452 e. The average Bonchev–Trinajstić information content (AvgIpc) is 3.19. The number of benzene rings is 1. The lowest BCUT2D eigenvalue weighted by Gasteiger charge is -2.07. The molecule has 26 heavy (non-hydrogen) atoms. The summed E-state index contributed by atoms with van der Waals surface area (Å²) in [5.74, 6) is -1.86. The number of likely N-dealkylation sites (N-methyl/N-ethyl adjacent to an activating group) is 1. The number of hydrogen-bond acceptors (Lipinski definition) is 6. The van der Waals surface area contributed by atoms with Crippen molar-refractivity contribution in [3.8, 4) is 0 Å². The molecule has 0 radical (unpaired) electrons. The van der Waals surface area contributed by atoms with Gasteiger partial charge in [-0.1, -0.05) is 6.07 Å². The fourth-order valence-corrected chi connectivity index (χ4v) is 2.44. The highest BCUT2D eigenvalue weighted by atomic mass is 32.1. The molecule has 0 bridgehead atoms. The number of hydrogen-bond donors (Lipinski definition) is 3. The van der Waals surface area contributed by atoms with Crippen LogP contribution in [0.4, 0.5) is 5.69 Å². The normalized spacial score (nSPS) is 9.88. The van der Waals surface area contributed by atoms with Crippen molar-refractivity contribution in [2.24, 2.45) is 0 Å². The van der Waals surface area contributed by atoms with Crippen LogP contribution in [0.15, 0.2) is 41.8 Å². The fourth-order valence-electron chi connectivity index (χ4n) is 1.82. The van der Waals surface area contributed by atoms with Gasteiger partial charge in [0, 0.05) is 12.7 Å². The molecule has 8 nitrogen and oxygen atoms in total. The molecule has 9 heteroatoms. The van der Waals surface area contributed by atoms with Gasteiger partial charge in [-0.25, -0.2) is 4.79 Å². The highest BCUT2D eigenvalue weighted by Crippen LogP contribution is 2.14. The summed E-state index contributed by atoms with van der Waals surface area (Å²) >= 11 is 1.33. The third kappa shape index (κ3) is 5.71. The number of ether oxygens (including phenoxy) is 1. The van der Waals surface area contributed by atoms with Crippen LogP contribution in [-0.4, -0.2) is 43.9 Å². The van der Waals surface area contributed by atoms with Crippen LogP contribution < -0.4 is 16.0 Å². The molecule has 0 spiro atoms. The molecule has 136 valence electrons. The molecule has 0 unspecified atom stereocenters. The van der Waals surface area contributed by atoms with E-state index in [1.807, 2.05) is 0 Å². The molecule has 1 aromatic heterocycles. The Morgan fingerprint density at radius 2 is 1.77 bits per heavy atom. The molecular weight excluding hydrogens is 358 g/mol. The maximum Gasteiger partial charge on any atom is 0.338 e. The molecule has 0 aliphatic carbocycles. The number of esters is 1. The smallest absolute Gasteiger partial charge is 0.338 e. The van der Waals surface area contributed by atoms with E-state index in [9.17, 15) is 19.2 Å². The van der Waals surface area contributed by atoms with Crippen LogP contribution in [0.1, 0.15) is 20.0 Å². The van der Waals surface area contributed by atoms with Crippen molar-refractivity contribution < 1.29 is 23.9 Å². The zero-order chi connectivity index (χ0) is 18.9. The summed E-state index contributed by atoms with van der Waals surface area (Å²) in [6.45, 7) is -0.682. The van der Waals surface area contributed by atoms with Gasteiger partial charge >= 0.3 is 5.97 Å². The van der Waals surface area contributed by atoms with Crippen LogP contribution in [0, 0.1) is 0 Å². The average molecular weight is 375 g/mol. The molecule has 0 saturated carbocycles. The van der Waals surface area contributed by atoms with Crippen LogP contribution in [0.3, 0.4) is 0 Å². The maximum absolute atomic E-state index is 11.9. The standard InChI is InChI=1S/C17H17N3O5S/c1-18-14(21)9-19-15(22)10-25-17(24)11-4-6-12(7-5-11)20-16(23)13-3-2-8-26-13/h2-8H,9-10H2,1H3,(H,18,21)(H,19,22)(H,20,23). The minimum absolute atomic E-state index is 0.189. The van der Waals surface area contributed by atoms with Gasteiger partial charge in [0.1, 0.15) is 0 Å². The summed E-state index contributed by atoms with van der Waals surface area (Å²) in [6, 6.07) is 9.58. The Bertz CT molecular complexity index is 787. The Morgan fingerprint density at radius 3 is 2.38 bits per heavy atom. The monoisotopic (exact) mass is 375 g/mol. The van der Waals surface area contributed by atoms with Crippen molar-refractivity contribution in [3.63, 3.8) is 0 Å². The van der Waals surface area contributed by atoms with Gasteiger partial charge in [-0.05, 0) is 35.7 Å². The Hall–Kier alpha value is -3.20. The first-order chi connectivity index (χ1) is 12.5. The van der Waals surface area contributed by atoms with E-state index < -0.39 is 18.5 Å².